The Kier molecular flexibility index (Phi) is 5.23. The number of aromatic hydroxyl groups is 1. The smallest absolute Gasteiger partial charge is 0.417 e. The molecular weight excluding hydrogens is 547 g/mol. The van der Waals surface area contributed by atoms with E-state index in [1.807, 2.05) is 4.90 Å². The Labute approximate surface area is 238 Å². The molecule has 0 aliphatic carbocycles. The summed E-state index contributed by atoms with van der Waals surface area (Å²) in [7, 11) is 0. The van der Waals surface area contributed by atoms with Crippen LogP contribution in [-0.4, -0.2) is 81.4 Å². The molecule has 41 heavy (non-hydrogen) atoms. The molecule has 0 saturated carbocycles. The van der Waals surface area contributed by atoms with Gasteiger partial charge in [-0.15, -0.1) is 0 Å². The van der Waals surface area contributed by atoms with Crippen LogP contribution in [0.2, 0.25) is 0 Å². The fraction of sp³-hybridized carbons (Fsp3) is 0.536. The van der Waals surface area contributed by atoms with Crippen LogP contribution in [0.3, 0.4) is 0 Å². The average molecular weight is 581 g/mol. The van der Waals surface area contributed by atoms with Gasteiger partial charge in [0.05, 0.1) is 19.2 Å². The summed E-state index contributed by atoms with van der Waals surface area (Å²) in [6, 6.07) is 1.57. The first-order valence-electron chi connectivity index (χ1n) is 15.5. The molecule has 0 spiro atoms. The average Bonchev–Trinajstić information content (AvgIpc) is 3.47. The van der Waals surface area contributed by atoms with E-state index >= 15 is 4.39 Å². The van der Waals surface area contributed by atoms with Crippen LogP contribution >= 0.6 is 0 Å². The summed E-state index contributed by atoms with van der Waals surface area (Å²) >= 11 is 0. The predicted molar refractivity (Wildman–Crippen MR) is 140 cm³/mol. The van der Waals surface area contributed by atoms with Crippen molar-refractivity contribution in [3.63, 3.8) is 0 Å². The number of hydrogen-bond acceptors (Lipinski definition) is 8. The summed E-state index contributed by atoms with van der Waals surface area (Å²) in [6.45, 7) is -4.02. The normalized spacial score (nSPS) is 31.0. The van der Waals surface area contributed by atoms with Crippen molar-refractivity contribution in [1.82, 2.24) is 25.2 Å². The standard InChI is InChI=1S/C28H29F5N6O2/c29-15-9-27(6-1-7-38(27)12-15)14-41-26-36-24-20(25(37-26)39-13-16-2-3-17(39)10-34-16)11-35-23(22(24)30)19-8-18(40)4-5-21(19)28(31,32)33/h4-5,8,11,15-17,34,40H,1-3,6-7,9-10,12-14H2/t15-,16?,17?,27+/m1/s1/i7D2,14D2. The largest absolute Gasteiger partial charge is 0.508 e. The van der Waals surface area contributed by atoms with E-state index in [-0.39, 0.29) is 49.1 Å². The summed E-state index contributed by atoms with van der Waals surface area (Å²) in [6.07, 6.45) is -4.08. The number of piperazine rings is 1. The lowest BCUT2D eigenvalue weighted by Gasteiger charge is -2.46. The zero-order chi connectivity index (χ0) is 32.1. The van der Waals surface area contributed by atoms with Crippen LogP contribution in [0.25, 0.3) is 22.2 Å². The fourth-order valence-corrected chi connectivity index (χ4v) is 6.47. The lowest BCUT2D eigenvalue weighted by Crippen LogP contribution is -2.61. The highest BCUT2D eigenvalue weighted by atomic mass is 19.4. The van der Waals surface area contributed by atoms with Crippen LogP contribution in [0.5, 0.6) is 11.8 Å². The quantitative estimate of drug-likeness (QED) is 0.429. The van der Waals surface area contributed by atoms with E-state index in [2.05, 4.69) is 20.3 Å². The summed E-state index contributed by atoms with van der Waals surface area (Å²) in [5.74, 6) is -1.66. The van der Waals surface area contributed by atoms with Crippen molar-refractivity contribution in [1.29, 1.82) is 0 Å². The van der Waals surface area contributed by atoms with Gasteiger partial charge in [-0.05, 0) is 50.4 Å². The van der Waals surface area contributed by atoms with E-state index in [1.165, 1.54) is 0 Å². The third-order valence-corrected chi connectivity index (χ3v) is 8.46. The second kappa shape index (κ2) is 9.62. The maximum absolute atomic E-state index is 16.4. The van der Waals surface area contributed by atoms with Crippen molar-refractivity contribution in [2.24, 2.45) is 0 Å². The van der Waals surface area contributed by atoms with E-state index in [9.17, 15) is 22.7 Å². The molecule has 218 valence electrons. The molecule has 7 heterocycles. The SMILES string of the molecule is [2H]C1([2H])CC[C@@]2(C([2H])([2H])Oc3nc(N4CC5CCC4CN5)c4cnc(-c5cc(O)ccc5C(F)(F)F)c(F)c4n3)C[C@@H](F)CN12. The lowest BCUT2D eigenvalue weighted by atomic mass is 9.93. The predicted octanol–water partition coefficient (Wildman–Crippen LogP) is 4.45. The molecule has 2 bridgehead atoms. The highest BCUT2D eigenvalue weighted by Crippen LogP contribution is 2.43. The third kappa shape index (κ3) is 4.53. The molecule has 5 fully saturated rings. The first-order valence-corrected chi connectivity index (χ1v) is 13.5. The van der Waals surface area contributed by atoms with Crippen LogP contribution in [0.1, 0.15) is 43.2 Å². The number of halogens is 5. The number of fused-ring (bicyclic) bond motifs is 5. The highest BCUT2D eigenvalue weighted by molar-refractivity contribution is 5.92. The van der Waals surface area contributed by atoms with E-state index in [0.717, 1.165) is 36.1 Å². The zero-order valence-electron chi connectivity index (χ0n) is 25.7. The molecule has 2 unspecified atom stereocenters. The number of hydrogen-bond donors (Lipinski definition) is 2. The summed E-state index contributed by atoms with van der Waals surface area (Å²) in [5.41, 5.74) is -4.87. The maximum Gasteiger partial charge on any atom is 0.417 e. The molecule has 1 aromatic carbocycles. The number of nitrogens with one attached hydrogen (secondary N) is 1. The topological polar surface area (TPSA) is 86.6 Å². The zero-order valence-corrected chi connectivity index (χ0v) is 21.7. The summed E-state index contributed by atoms with van der Waals surface area (Å²) in [4.78, 5) is 15.7. The van der Waals surface area contributed by atoms with E-state index in [4.69, 9.17) is 10.2 Å². The van der Waals surface area contributed by atoms with Crippen molar-refractivity contribution in [3.8, 4) is 23.0 Å². The highest BCUT2D eigenvalue weighted by Gasteiger charge is 2.49. The van der Waals surface area contributed by atoms with Gasteiger partial charge < -0.3 is 20.1 Å². The van der Waals surface area contributed by atoms with Gasteiger partial charge in [0.25, 0.3) is 0 Å². The third-order valence-electron chi connectivity index (χ3n) is 8.46. The molecule has 8 nitrogen and oxygen atoms in total. The molecule has 5 aliphatic heterocycles. The number of alkyl halides is 4. The Morgan fingerprint density at radius 1 is 1.24 bits per heavy atom. The molecule has 2 N–H and O–H groups in total. The minimum atomic E-state index is -4.90. The first-order chi connectivity index (χ1) is 21.1. The number of phenolic OH excluding ortho intramolecular Hbond substituents is 1. The second-order valence-electron chi connectivity index (χ2n) is 11.0. The van der Waals surface area contributed by atoms with E-state index < -0.39 is 70.9 Å². The van der Waals surface area contributed by atoms with Crippen LogP contribution in [0.4, 0.5) is 27.8 Å². The molecule has 8 rings (SSSR count). The maximum atomic E-state index is 16.4. The van der Waals surface area contributed by atoms with Crippen LogP contribution in [0.15, 0.2) is 24.4 Å². The number of phenols is 1. The van der Waals surface area contributed by atoms with Gasteiger partial charge >= 0.3 is 12.2 Å². The number of aromatic nitrogens is 3. The van der Waals surface area contributed by atoms with Gasteiger partial charge in [0.1, 0.15) is 35.5 Å². The van der Waals surface area contributed by atoms with Gasteiger partial charge in [-0.25, -0.2) is 8.78 Å². The van der Waals surface area contributed by atoms with E-state index in [1.54, 1.807) is 0 Å². The van der Waals surface area contributed by atoms with Gasteiger partial charge in [0.15, 0.2) is 5.82 Å². The molecule has 0 amide bonds. The van der Waals surface area contributed by atoms with Crippen molar-refractivity contribution >= 4 is 16.7 Å². The number of ether oxygens (including phenoxy) is 1. The number of pyridine rings is 1. The van der Waals surface area contributed by atoms with Crippen molar-refractivity contribution in [3.05, 3.63) is 35.8 Å². The molecule has 5 aliphatic rings. The van der Waals surface area contributed by atoms with Gasteiger partial charge in [0, 0.05) is 52.6 Å². The van der Waals surface area contributed by atoms with Gasteiger partial charge in [-0.1, -0.05) is 0 Å². The Balaban J connectivity index is 1.38. The Bertz CT molecular complexity index is 1670. The first kappa shape index (κ1) is 22.3. The molecule has 0 radical (unpaired) electrons. The monoisotopic (exact) mass is 580 g/mol. The number of rotatable bonds is 5. The molecule has 13 heteroatoms. The molecule has 5 saturated heterocycles. The van der Waals surface area contributed by atoms with Crippen molar-refractivity contribution < 1.29 is 37.3 Å². The van der Waals surface area contributed by atoms with Crippen molar-refractivity contribution in [2.45, 2.75) is 62.1 Å². The molecular formula is C28H29F5N6O2. The summed E-state index contributed by atoms with van der Waals surface area (Å²) in [5, 5.41) is 13.4. The number of anilines is 1. The lowest BCUT2D eigenvalue weighted by molar-refractivity contribution is -0.137. The minimum absolute atomic E-state index is 0.0600. The van der Waals surface area contributed by atoms with Crippen LogP contribution in [-0.2, 0) is 6.18 Å². The minimum Gasteiger partial charge on any atom is -0.508 e. The van der Waals surface area contributed by atoms with E-state index in [0.29, 0.717) is 19.2 Å². The fourth-order valence-electron chi connectivity index (χ4n) is 6.47. The Morgan fingerprint density at radius 2 is 2.10 bits per heavy atom. The van der Waals surface area contributed by atoms with Crippen LogP contribution < -0.4 is 15.0 Å². The Morgan fingerprint density at radius 3 is 2.83 bits per heavy atom. The molecule has 3 aromatic rings. The van der Waals surface area contributed by atoms with Gasteiger partial charge in [0.2, 0.25) is 0 Å². The number of benzene rings is 1. The van der Waals surface area contributed by atoms with Gasteiger partial charge in [-0.3, -0.25) is 9.88 Å². The number of nitrogens with zero attached hydrogens (tertiary/aromatic N) is 5. The Hall–Kier alpha value is -3.32. The number of piperidine rings is 2. The van der Waals surface area contributed by atoms with Gasteiger partial charge in [-0.2, -0.15) is 23.1 Å². The van der Waals surface area contributed by atoms with Crippen LogP contribution in [0, 0.1) is 5.82 Å². The van der Waals surface area contributed by atoms with Crippen molar-refractivity contribution in [2.75, 3.05) is 37.6 Å². The summed E-state index contributed by atoms with van der Waals surface area (Å²) < 4.78 is 113. The molecule has 2 aromatic heterocycles. The molecule has 4 atom stereocenters. The second-order valence-corrected chi connectivity index (χ2v) is 11.0.